The number of ether oxygens (including phenoxy) is 1. The number of rotatable bonds is 3. The minimum atomic E-state index is -3.60. The van der Waals surface area contributed by atoms with Crippen LogP contribution in [0.1, 0.15) is 26.3 Å². The molecule has 6 nitrogen and oxygen atoms in total. The van der Waals surface area contributed by atoms with Crippen LogP contribution in [-0.4, -0.2) is 33.2 Å². The number of carbonyl (C=O) groups is 1. The molecule has 1 aliphatic heterocycles. The van der Waals surface area contributed by atoms with Crippen molar-refractivity contribution < 1.29 is 17.9 Å². The van der Waals surface area contributed by atoms with Gasteiger partial charge < -0.3 is 10.1 Å². The second-order valence-corrected chi connectivity index (χ2v) is 10.8. The van der Waals surface area contributed by atoms with E-state index in [-0.39, 0.29) is 12.0 Å². The molecule has 0 aliphatic carbocycles. The number of carbonyl (C=O) groups excluding carboxylic acids is 1. The van der Waals surface area contributed by atoms with Gasteiger partial charge in [0.25, 0.3) is 5.91 Å². The Labute approximate surface area is 182 Å². The summed E-state index contributed by atoms with van der Waals surface area (Å²) in [7, 11) is -3.60. The van der Waals surface area contributed by atoms with Crippen molar-refractivity contribution in [2.45, 2.75) is 32.3 Å². The molecular weight excluding hydrogens is 412 g/mol. The molecule has 7 heteroatoms. The van der Waals surface area contributed by atoms with Gasteiger partial charge in [0.1, 0.15) is 5.75 Å². The first-order valence-corrected chi connectivity index (χ1v) is 12.0. The number of amides is 1. The van der Waals surface area contributed by atoms with E-state index in [0.717, 1.165) is 22.6 Å². The number of anilines is 2. The lowest BCUT2D eigenvalue weighted by Gasteiger charge is -2.35. The third kappa shape index (κ3) is 4.23. The maximum atomic E-state index is 13.1. The van der Waals surface area contributed by atoms with E-state index in [0.29, 0.717) is 17.1 Å². The zero-order chi connectivity index (χ0) is 22.4. The molecule has 1 N–H and O–H groups in total. The molecule has 31 heavy (non-hydrogen) atoms. The number of fused-ring (bicyclic) bond motifs is 2. The summed E-state index contributed by atoms with van der Waals surface area (Å²) < 4.78 is 32.3. The molecule has 4 rings (SSSR count). The van der Waals surface area contributed by atoms with Crippen molar-refractivity contribution in [1.29, 1.82) is 0 Å². The highest BCUT2D eigenvalue weighted by Gasteiger charge is 2.36. The number of hydrogen-bond acceptors (Lipinski definition) is 4. The first kappa shape index (κ1) is 21.2. The number of benzene rings is 3. The molecule has 0 bridgehead atoms. The molecule has 1 aliphatic rings. The first-order chi connectivity index (χ1) is 14.5. The lowest BCUT2D eigenvalue weighted by Crippen LogP contribution is -2.48. The van der Waals surface area contributed by atoms with Crippen LogP contribution in [0.25, 0.3) is 10.8 Å². The average molecular weight is 439 g/mol. The van der Waals surface area contributed by atoms with Gasteiger partial charge in [-0.05, 0) is 34.6 Å². The van der Waals surface area contributed by atoms with Crippen LogP contribution in [0.2, 0.25) is 0 Å². The van der Waals surface area contributed by atoms with Gasteiger partial charge in [0, 0.05) is 11.1 Å². The fourth-order valence-corrected chi connectivity index (χ4v) is 4.62. The van der Waals surface area contributed by atoms with Crippen molar-refractivity contribution in [2.24, 2.45) is 0 Å². The highest BCUT2D eigenvalue weighted by atomic mass is 32.2. The molecule has 0 saturated heterocycles. The van der Waals surface area contributed by atoms with Crippen molar-refractivity contribution in [1.82, 2.24) is 0 Å². The van der Waals surface area contributed by atoms with E-state index in [9.17, 15) is 13.2 Å². The summed E-state index contributed by atoms with van der Waals surface area (Å²) in [6.07, 6.45) is 0.174. The van der Waals surface area contributed by atoms with Gasteiger partial charge in [-0.25, -0.2) is 8.42 Å². The Hall–Kier alpha value is -3.06. The molecule has 0 spiro atoms. The SMILES string of the molecule is CC(C)(C)c1ccc2c(c1)N(S(C)(=O)=O)C[C@@H](C(=O)Nc1cccc3ccccc13)O2. The predicted molar refractivity (Wildman–Crippen MR) is 124 cm³/mol. The lowest BCUT2D eigenvalue weighted by atomic mass is 9.86. The topological polar surface area (TPSA) is 75.7 Å². The molecular formula is C24H26N2O4S. The molecule has 3 aromatic carbocycles. The van der Waals surface area contributed by atoms with Crippen molar-refractivity contribution in [3.63, 3.8) is 0 Å². The normalized spacial score (nSPS) is 16.5. The monoisotopic (exact) mass is 438 g/mol. The average Bonchev–Trinajstić information content (AvgIpc) is 2.71. The standard InChI is InChI=1S/C24H26N2O4S/c1-24(2,3)17-12-13-21-20(14-17)26(31(4,28)29)15-22(30-21)23(27)25-19-11-7-9-16-8-5-6-10-18(16)19/h5-14,22H,15H2,1-4H3,(H,25,27)/t22-/m0/s1. The maximum Gasteiger partial charge on any atom is 0.267 e. The zero-order valence-corrected chi connectivity index (χ0v) is 18.9. The first-order valence-electron chi connectivity index (χ1n) is 10.1. The summed E-state index contributed by atoms with van der Waals surface area (Å²) in [5, 5.41) is 4.82. The lowest BCUT2D eigenvalue weighted by molar-refractivity contribution is -0.122. The van der Waals surface area contributed by atoms with E-state index < -0.39 is 22.0 Å². The van der Waals surface area contributed by atoms with Crippen LogP contribution in [0.5, 0.6) is 5.75 Å². The molecule has 1 amide bonds. The Morgan fingerprint density at radius 1 is 1.06 bits per heavy atom. The van der Waals surface area contributed by atoms with E-state index in [2.05, 4.69) is 26.1 Å². The summed E-state index contributed by atoms with van der Waals surface area (Å²) in [6, 6.07) is 18.9. The number of sulfonamides is 1. The number of nitrogens with one attached hydrogen (secondary N) is 1. The number of hydrogen-bond donors (Lipinski definition) is 1. The molecule has 0 unspecified atom stereocenters. The van der Waals surface area contributed by atoms with Crippen molar-refractivity contribution in [2.75, 3.05) is 22.4 Å². The Bertz CT molecular complexity index is 1260. The summed E-state index contributed by atoms with van der Waals surface area (Å²) in [4.78, 5) is 13.1. The van der Waals surface area contributed by atoms with Gasteiger partial charge in [-0.2, -0.15) is 0 Å². The minimum Gasteiger partial charge on any atom is -0.476 e. The van der Waals surface area contributed by atoms with Crippen LogP contribution in [0.3, 0.4) is 0 Å². The zero-order valence-electron chi connectivity index (χ0n) is 18.0. The predicted octanol–water partition coefficient (Wildman–Crippen LogP) is 4.30. The molecule has 0 aromatic heterocycles. The third-order valence-electron chi connectivity index (χ3n) is 5.43. The van der Waals surface area contributed by atoms with Crippen molar-refractivity contribution in [3.05, 3.63) is 66.2 Å². The van der Waals surface area contributed by atoms with Crippen LogP contribution in [-0.2, 0) is 20.2 Å². The van der Waals surface area contributed by atoms with Crippen LogP contribution in [0.15, 0.2) is 60.7 Å². The third-order valence-corrected chi connectivity index (χ3v) is 6.58. The fourth-order valence-electron chi connectivity index (χ4n) is 3.72. The number of nitrogens with zero attached hydrogens (tertiary/aromatic N) is 1. The van der Waals surface area contributed by atoms with E-state index in [1.165, 1.54) is 4.31 Å². The summed E-state index contributed by atoms with van der Waals surface area (Å²) >= 11 is 0. The van der Waals surface area contributed by atoms with Gasteiger partial charge in [-0.1, -0.05) is 63.2 Å². The molecule has 1 atom stereocenters. The molecule has 162 valence electrons. The van der Waals surface area contributed by atoms with Gasteiger partial charge in [-0.15, -0.1) is 0 Å². The smallest absolute Gasteiger partial charge is 0.267 e. The van der Waals surface area contributed by atoms with Crippen LogP contribution >= 0.6 is 0 Å². The summed E-state index contributed by atoms with van der Waals surface area (Å²) in [6.45, 7) is 6.09. The van der Waals surface area contributed by atoms with Gasteiger partial charge in [0.05, 0.1) is 18.5 Å². The largest absolute Gasteiger partial charge is 0.476 e. The Kier molecular flexibility index (Phi) is 5.17. The Balaban J connectivity index is 1.67. The van der Waals surface area contributed by atoms with Crippen molar-refractivity contribution in [3.8, 4) is 5.75 Å². The van der Waals surface area contributed by atoms with E-state index in [1.54, 1.807) is 6.07 Å². The summed E-state index contributed by atoms with van der Waals surface area (Å²) in [5.41, 5.74) is 1.96. The molecule has 1 heterocycles. The van der Waals surface area contributed by atoms with Gasteiger partial charge >= 0.3 is 0 Å². The van der Waals surface area contributed by atoms with Gasteiger partial charge in [0.15, 0.2) is 6.10 Å². The van der Waals surface area contributed by atoms with Crippen molar-refractivity contribution >= 4 is 38.1 Å². The molecule has 0 fully saturated rings. The van der Waals surface area contributed by atoms with Gasteiger partial charge in [0.2, 0.25) is 10.0 Å². The highest BCUT2D eigenvalue weighted by Crippen LogP contribution is 2.38. The fraction of sp³-hybridized carbons (Fsp3) is 0.292. The molecule has 3 aromatic rings. The second kappa shape index (κ2) is 7.57. The van der Waals surface area contributed by atoms with E-state index >= 15 is 0 Å². The quantitative estimate of drug-likeness (QED) is 0.661. The van der Waals surface area contributed by atoms with Crippen LogP contribution < -0.4 is 14.4 Å². The Morgan fingerprint density at radius 2 is 1.77 bits per heavy atom. The highest BCUT2D eigenvalue weighted by molar-refractivity contribution is 7.92. The van der Waals surface area contributed by atoms with E-state index in [1.807, 2.05) is 54.6 Å². The minimum absolute atomic E-state index is 0.0873. The second-order valence-electron chi connectivity index (χ2n) is 8.85. The molecule has 0 radical (unpaired) electrons. The maximum absolute atomic E-state index is 13.1. The van der Waals surface area contributed by atoms with E-state index in [4.69, 9.17) is 4.74 Å². The van der Waals surface area contributed by atoms with Gasteiger partial charge in [-0.3, -0.25) is 9.10 Å². The summed E-state index contributed by atoms with van der Waals surface area (Å²) in [5.74, 6) is -0.0155. The Morgan fingerprint density at radius 3 is 2.48 bits per heavy atom. The van der Waals surface area contributed by atoms with Crippen LogP contribution in [0.4, 0.5) is 11.4 Å². The van der Waals surface area contributed by atoms with Crippen LogP contribution in [0, 0.1) is 0 Å². The molecule has 0 saturated carbocycles.